The Bertz CT molecular complexity index is 1570. The van der Waals surface area contributed by atoms with E-state index in [4.69, 9.17) is 4.42 Å². The molecular formula is C22H13N7O9. The molecule has 2 N–H and O–H groups in total. The van der Waals surface area contributed by atoms with Crippen molar-refractivity contribution in [1.29, 1.82) is 0 Å². The highest BCUT2D eigenvalue weighted by atomic mass is 16.6. The molecule has 0 aliphatic rings. The largest absolute Gasteiger partial charge is 0.403 e. The van der Waals surface area contributed by atoms with Crippen molar-refractivity contribution < 1.29 is 28.8 Å². The second-order valence-electron chi connectivity index (χ2n) is 7.46. The number of hydrogen-bond donors (Lipinski definition) is 2. The van der Waals surface area contributed by atoms with Gasteiger partial charge in [0, 0.05) is 41.1 Å². The fourth-order valence-electron chi connectivity index (χ4n) is 3.16. The van der Waals surface area contributed by atoms with Crippen LogP contribution in [0, 0.1) is 30.3 Å². The number of nitrogens with zero attached hydrogens (tertiary/aromatic N) is 5. The predicted octanol–water partition coefficient (Wildman–Crippen LogP) is 3.97. The lowest BCUT2D eigenvalue weighted by Crippen LogP contribution is -2.15. The number of rotatable bonds is 8. The molecule has 4 aromatic rings. The third kappa shape index (κ3) is 5.60. The Kier molecular flexibility index (Phi) is 6.78. The average molecular weight is 519 g/mol. The van der Waals surface area contributed by atoms with Gasteiger partial charge in [-0.3, -0.25) is 45.2 Å². The van der Waals surface area contributed by atoms with Gasteiger partial charge in [0.25, 0.3) is 28.9 Å². The molecule has 0 aliphatic carbocycles. The lowest BCUT2D eigenvalue weighted by atomic mass is 10.1. The molecule has 16 heteroatoms. The van der Waals surface area contributed by atoms with Crippen molar-refractivity contribution in [2.24, 2.45) is 0 Å². The number of nitrogens with one attached hydrogen (secondary N) is 2. The maximum atomic E-state index is 12.7. The molecule has 0 unspecified atom stereocenters. The van der Waals surface area contributed by atoms with Crippen molar-refractivity contribution in [3.63, 3.8) is 0 Å². The lowest BCUT2D eigenvalue weighted by Gasteiger charge is -2.07. The smallest absolute Gasteiger partial charge is 0.322 e. The Morgan fingerprint density at radius 2 is 1.29 bits per heavy atom. The normalized spacial score (nSPS) is 10.4. The third-order valence-electron chi connectivity index (χ3n) is 4.94. The summed E-state index contributed by atoms with van der Waals surface area (Å²) in [6.45, 7) is 0. The molecule has 2 amide bonds. The number of anilines is 2. The Hall–Kier alpha value is -6.06. The first kappa shape index (κ1) is 25.0. The second kappa shape index (κ2) is 10.3. The molecule has 4 rings (SSSR count). The third-order valence-corrected chi connectivity index (χ3v) is 4.94. The Balaban J connectivity index is 1.47. The van der Waals surface area contributed by atoms with Crippen molar-refractivity contribution in [1.82, 2.24) is 10.2 Å². The summed E-state index contributed by atoms with van der Waals surface area (Å²) in [6.07, 6.45) is 0. The maximum Gasteiger partial charge on any atom is 0.322 e. The topological polar surface area (TPSA) is 227 Å². The van der Waals surface area contributed by atoms with E-state index in [0.29, 0.717) is 5.56 Å². The number of aromatic nitrogens is 2. The van der Waals surface area contributed by atoms with Crippen LogP contribution in [0.25, 0.3) is 11.5 Å². The second-order valence-corrected chi connectivity index (χ2v) is 7.46. The van der Waals surface area contributed by atoms with Crippen molar-refractivity contribution in [2.75, 3.05) is 10.6 Å². The number of nitro benzene ring substituents is 3. The standard InChI is InChI=1S/C22H13N7O9/c30-19(24-22-26-25-21(38-22)12-4-6-16(7-5-12)27(32)33)13-2-1-3-15(8-13)23-20(31)14-9-17(28(34)35)11-18(10-14)29(36)37/h1-11H,(H,23,31)(H,24,26,30). The quantitative estimate of drug-likeness (QED) is 0.250. The molecule has 3 aromatic carbocycles. The molecule has 0 bridgehead atoms. The van der Waals surface area contributed by atoms with Crippen LogP contribution in [0.3, 0.4) is 0 Å². The highest BCUT2D eigenvalue weighted by molar-refractivity contribution is 6.07. The van der Waals surface area contributed by atoms with Crippen LogP contribution in [-0.2, 0) is 0 Å². The SMILES string of the molecule is O=C(Nc1cccc(C(=O)Nc2nnc(-c3ccc([N+](=O)[O-])cc3)o2)c1)c1cc([N+](=O)[O-])cc([N+](=O)[O-])c1. The number of nitro groups is 3. The Labute approximate surface area is 210 Å². The van der Waals surface area contributed by atoms with Gasteiger partial charge in [-0.05, 0) is 30.3 Å². The molecule has 1 aromatic heterocycles. The number of carbonyl (C=O) groups is 2. The average Bonchev–Trinajstić information content (AvgIpc) is 3.37. The van der Waals surface area contributed by atoms with Gasteiger partial charge in [-0.25, -0.2) is 0 Å². The van der Waals surface area contributed by atoms with Crippen LogP contribution in [0.1, 0.15) is 20.7 Å². The first-order valence-electron chi connectivity index (χ1n) is 10.4. The van der Waals surface area contributed by atoms with Crippen molar-refractivity contribution in [3.8, 4) is 11.5 Å². The van der Waals surface area contributed by atoms with Gasteiger partial charge in [0.2, 0.25) is 5.89 Å². The van der Waals surface area contributed by atoms with Gasteiger partial charge in [-0.1, -0.05) is 11.2 Å². The number of benzene rings is 3. The van der Waals surface area contributed by atoms with Crippen LogP contribution in [0.4, 0.5) is 28.8 Å². The summed E-state index contributed by atoms with van der Waals surface area (Å²) in [7, 11) is 0. The first-order chi connectivity index (χ1) is 18.1. The Morgan fingerprint density at radius 3 is 1.89 bits per heavy atom. The number of hydrogen-bond acceptors (Lipinski definition) is 11. The van der Waals surface area contributed by atoms with Crippen LogP contribution < -0.4 is 10.6 Å². The van der Waals surface area contributed by atoms with Crippen LogP contribution in [0.2, 0.25) is 0 Å². The molecule has 0 saturated carbocycles. The minimum Gasteiger partial charge on any atom is -0.403 e. The van der Waals surface area contributed by atoms with Crippen molar-refractivity contribution in [2.45, 2.75) is 0 Å². The van der Waals surface area contributed by atoms with E-state index in [1.807, 2.05) is 0 Å². The summed E-state index contributed by atoms with van der Waals surface area (Å²) in [5.74, 6) is -1.56. The molecule has 38 heavy (non-hydrogen) atoms. The number of amides is 2. The van der Waals surface area contributed by atoms with Crippen molar-refractivity contribution >= 4 is 40.6 Å². The molecule has 0 radical (unpaired) electrons. The van der Waals surface area contributed by atoms with E-state index >= 15 is 0 Å². The molecule has 0 spiro atoms. The van der Waals surface area contributed by atoms with Gasteiger partial charge in [0.05, 0.1) is 26.4 Å². The predicted molar refractivity (Wildman–Crippen MR) is 128 cm³/mol. The summed E-state index contributed by atoms with van der Waals surface area (Å²) in [5, 5.41) is 45.2. The zero-order valence-corrected chi connectivity index (χ0v) is 18.8. The summed E-state index contributed by atoms with van der Waals surface area (Å²) in [4.78, 5) is 55.9. The van der Waals surface area contributed by atoms with E-state index in [-0.39, 0.29) is 34.4 Å². The van der Waals surface area contributed by atoms with Gasteiger partial charge in [0.1, 0.15) is 0 Å². The minimum absolute atomic E-state index is 0.00209. The van der Waals surface area contributed by atoms with Crippen LogP contribution in [-0.4, -0.2) is 36.8 Å². The fraction of sp³-hybridized carbons (Fsp3) is 0. The van der Waals surface area contributed by atoms with E-state index < -0.39 is 38.0 Å². The zero-order valence-electron chi connectivity index (χ0n) is 18.8. The van der Waals surface area contributed by atoms with Crippen molar-refractivity contribution in [3.05, 3.63) is 108 Å². The molecular weight excluding hydrogens is 506 g/mol. The monoisotopic (exact) mass is 519 g/mol. The van der Waals surface area contributed by atoms with E-state index in [1.54, 1.807) is 0 Å². The fourth-order valence-corrected chi connectivity index (χ4v) is 3.16. The van der Waals surface area contributed by atoms with Gasteiger partial charge in [-0.2, -0.15) is 0 Å². The summed E-state index contributed by atoms with van der Waals surface area (Å²) in [5.41, 5.74) is -1.16. The zero-order chi connectivity index (χ0) is 27.4. The lowest BCUT2D eigenvalue weighted by molar-refractivity contribution is -0.394. The molecule has 0 aliphatic heterocycles. The van der Waals surface area contributed by atoms with Gasteiger partial charge in [0.15, 0.2) is 0 Å². The summed E-state index contributed by atoms with van der Waals surface area (Å²) in [6, 6.07) is 13.1. The van der Waals surface area contributed by atoms with E-state index in [2.05, 4.69) is 20.8 Å². The van der Waals surface area contributed by atoms with Gasteiger partial charge < -0.3 is 9.73 Å². The van der Waals surface area contributed by atoms with Crippen LogP contribution >= 0.6 is 0 Å². The van der Waals surface area contributed by atoms with E-state index in [0.717, 1.165) is 18.2 Å². The van der Waals surface area contributed by atoms with Gasteiger partial charge in [-0.15, -0.1) is 5.10 Å². The van der Waals surface area contributed by atoms with Gasteiger partial charge >= 0.3 is 6.01 Å². The number of carbonyl (C=O) groups excluding carboxylic acids is 2. The highest BCUT2D eigenvalue weighted by Crippen LogP contribution is 2.25. The van der Waals surface area contributed by atoms with Crippen LogP contribution in [0.5, 0.6) is 0 Å². The minimum atomic E-state index is -0.876. The summed E-state index contributed by atoms with van der Waals surface area (Å²) < 4.78 is 5.37. The molecule has 0 saturated heterocycles. The maximum absolute atomic E-state index is 12.7. The summed E-state index contributed by atoms with van der Waals surface area (Å²) >= 11 is 0. The molecule has 190 valence electrons. The molecule has 0 fully saturated rings. The van der Waals surface area contributed by atoms with Crippen LogP contribution in [0.15, 0.2) is 71.1 Å². The van der Waals surface area contributed by atoms with E-state index in [1.165, 1.54) is 48.5 Å². The number of non-ortho nitro benzene ring substituents is 3. The van der Waals surface area contributed by atoms with E-state index in [9.17, 15) is 39.9 Å². The highest BCUT2D eigenvalue weighted by Gasteiger charge is 2.20. The first-order valence-corrected chi connectivity index (χ1v) is 10.4. The molecule has 16 nitrogen and oxygen atoms in total. The molecule has 0 atom stereocenters. The molecule has 1 heterocycles. The Morgan fingerprint density at radius 1 is 0.684 bits per heavy atom.